The van der Waals surface area contributed by atoms with E-state index in [1.54, 1.807) is 7.11 Å². The number of thiocarbonyl (C=S) groups is 1. The molecule has 7 heteroatoms. The number of nitrogens with one attached hydrogen (secondary N) is 2. The highest BCUT2D eigenvalue weighted by molar-refractivity contribution is 7.80. The zero-order chi connectivity index (χ0) is 15.8. The van der Waals surface area contributed by atoms with Gasteiger partial charge in [0.25, 0.3) is 0 Å². The molecule has 0 saturated carbocycles. The Morgan fingerprint density at radius 3 is 2.67 bits per heavy atom. The number of hydrogen-bond acceptors (Lipinski definition) is 5. The van der Waals surface area contributed by atoms with Crippen molar-refractivity contribution >= 4 is 39.6 Å². The van der Waals surface area contributed by atoms with Crippen molar-refractivity contribution in [3.05, 3.63) is 16.0 Å². The van der Waals surface area contributed by atoms with Gasteiger partial charge in [-0.15, -0.1) is 11.3 Å². The molecule has 0 spiro atoms. The first-order valence-electron chi connectivity index (χ1n) is 6.79. The van der Waals surface area contributed by atoms with Crippen molar-refractivity contribution in [1.82, 2.24) is 5.32 Å². The molecule has 0 saturated heterocycles. The molecule has 0 unspecified atom stereocenters. The van der Waals surface area contributed by atoms with Crippen LogP contribution in [-0.2, 0) is 15.9 Å². The average molecular weight is 330 g/mol. The van der Waals surface area contributed by atoms with E-state index in [1.807, 2.05) is 13.8 Å². The number of aryl methyl sites for hydroxylation is 1. The number of ether oxygens (including phenoxy) is 2. The van der Waals surface area contributed by atoms with E-state index < -0.39 is 0 Å². The predicted octanol–water partition coefficient (Wildman–Crippen LogP) is 2.73. The number of hydrogen-bond donors (Lipinski definition) is 2. The fourth-order valence-electron chi connectivity index (χ4n) is 1.98. The monoisotopic (exact) mass is 330 g/mol. The van der Waals surface area contributed by atoms with E-state index in [9.17, 15) is 4.79 Å². The lowest BCUT2D eigenvalue weighted by molar-refractivity contribution is 0.0601. The highest BCUT2D eigenvalue weighted by Gasteiger charge is 2.22. The third-order valence-electron chi connectivity index (χ3n) is 2.99. The molecular formula is C14H22N2O3S2. The fourth-order valence-corrected chi connectivity index (χ4v) is 3.38. The highest BCUT2D eigenvalue weighted by Crippen LogP contribution is 2.33. The Morgan fingerprint density at radius 1 is 1.38 bits per heavy atom. The molecule has 0 bridgehead atoms. The van der Waals surface area contributed by atoms with Gasteiger partial charge in [0, 0.05) is 25.1 Å². The molecule has 5 nitrogen and oxygen atoms in total. The molecule has 0 aromatic carbocycles. The van der Waals surface area contributed by atoms with Gasteiger partial charge in [0.2, 0.25) is 0 Å². The second-order valence-electron chi connectivity index (χ2n) is 4.41. The van der Waals surface area contributed by atoms with Gasteiger partial charge in [-0.3, -0.25) is 0 Å². The summed E-state index contributed by atoms with van der Waals surface area (Å²) >= 11 is 6.77. The van der Waals surface area contributed by atoms with E-state index in [-0.39, 0.29) is 5.97 Å². The van der Waals surface area contributed by atoms with Crippen LogP contribution in [0.25, 0.3) is 0 Å². The first-order valence-corrected chi connectivity index (χ1v) is 8.01. The summed E-state index contributed by atoms with van der Waals surface area (Å²) in [5.41, 5.74) is 1.60. The number of carbonyl (C=O) groups excluding carboxylic acids is 1. The van der Waals surface area contributed by atoms with Crippen molar-refractivity contribution in [2.75, 3.05) is 32.7 Å². The van der Waals surface area contributed by atoms with Crippen LogP contribution in [0.3, 0.4) is 0 Å². The van der Waals surface area contributed by atoms with Crippen LogP contribution in [0.2, 0.25) is 0 Å². The minimum atomic E-state index is -0.333. The molecule has 0 atom stereocenters. The van der Waals surface area contributed by atoms with Crippen LogP contribution in [-0.4, -0.2) is 38.5 Å². The summed E-state index contributed by atoms with van der Waals surface area (Å²) in [6.07, 6.45) is 1.65. The number of thiophene rings is 1. The molecule has 0 amide bonds. The van der Waals surface area contributed by atoms with Gasteiger partial charge >= 0.3 is 5.97 Å². The second kappa shape index (κ2) is 8.96. The van der Waals surface area contributed by atoms with Crippen LogP contribution < -0.4 is 10.6 Å². The molecule has 0 fully saturated rings. The van der Waals surface area contributed by atoms with E-state index in [0.717, 1.165) is 34.8 Å². The molecule has 1 rings (SSSR count). The summed E-state index contributed by atoms with van der Waals surface area (Å²) in [5, 5.41) is 7.42. The topological polar surface area (TPSA) is 59.6 Å². The highest BCUT2D eigenvalue weighted by atomic mass is 32.1. The first-order chi connectivity index (χ1) is 10.0. The van der Waals surface area contributed by atoms with Crippen molar-refractivity contribution in [2.24, 2.45) is 0 Å². The third kappa shape index (κ3) is 4.94. The van der Waals surface area contributed by atoms with Crippen LogP contribution in [0.5, 0.6) is 0 Å². The Bertz CT molecular complexity index is 501. The standard InChI is InChI=1S/C14H22N2O3S2/c1-5-10-9(2)21-12(11(10)13(17)19-4)16-14(20)15-7-6-8-18-3/h5-8H2,1-4H3,(H2,15,16,20). The van der Waals surface area contributed by atoms with E-state index in [4.69, 9.17) is 21.7 Å². The van der Waals surface area contributed by atoms with E-state index in [0.29, 0.717) is 17.3 Å². The average Bonchev–Trinajstić information content (AvgIpc) is 2.78. The lowest BCUT2D eigenvalue weighted by Gasteiger charge is -2.10. The third-order valence-corrected chi connectivity index (χ3v) is 4.30. The van der Waals surface area contributed by atoms with E-state index >= 15 is 0 Å². The molecule has 2 N–H and O–H groups in total. The van der Waals surface area contributed by atoms with Gasteiger partial charge in [-0.2, -0.15) is 0 Å². The SMILES string of the molecule is CCc1c(C)sc(NC(=S)NCCCOC)c1C(=O)OC. The molecular weight excluding hydrogens is 308 g/mol. The maximum Gasteiger partial charge on any atom is 0.341 e. The molecule has 21 heavy (non-hydrogen) atoms. The van der Waals surface area contributed by atoms with Crippen molar-refractivity contribution in [3.8, 4) is 0 Å². The number of methoxy groups -OCH3 is 2. The van der Waals surface area contributed by atoms with Gasteiger partial charge in [0.15, 0.2) is 5.11 Å². The molecule has 1 aromatic heterocycles. The largest absolute Gasteiger partial charge is 0.465 e. The minimum Gasteiger partial charge on any atom is -0.465 e. The normalized spacial score (nSPS) is 10.3. The second-order valence-corrected chi connectivity index (χ2v) is 6.05. The molecule has 0 aliphatic heterocycles. The first kappa shape index (κ1) is 17.9. The smallest absolute Gasteiger partial charge is 0.341 e. The van der Waals surface area contributed by atoms with Crippen molar-refractivity contribution in [1.29, 1.82) is 0 Å². The molecule has 0 radical (unpaired) electrons. The summed E-state index contributed by atoms with van der Waals surface area (Å²) in [6.45, 7) is 5.42. The Hall–Kier alpha value is -1.18. The van der Waals surface area contributed by atoms with Crippen LogP contribution in [0.15, 0.2) is 0 Å². The maximum atomic E-state index is 12.0. The number of rotatable bonds is 7. The Morgan fingerprint density at radius 2 is 2.10 bits per heavy atom. The zero-order valence-electron chi connectivity index (χ0n) is 12.9. The maximum absolute atomic E-state index is 12.0. The minimum absolute atomic E-state index is 0.333. The quantitative estimate of drug-likeness (QED) is 0.455. The van der Waals surface area contributed by atoms with Crippen molar-refractivity contribution < 1.29 is 14.3 Å². The molecule has 1 aromatic rings. The van der Waals surface area contributed by atoms with Gasteiger partial charge in [-0.1, -0.05) is 6.92 Å². The molecule has 118 valence electrons. The Labute approximate surface area is 135 Å². The number of carbonyl (C=O) groups is 1. The van der Waals surface area contributed by atoms with Crippen molar-refractivity contribution in [2.45, 2.75) is 26.7 Å². The summed E-state index contributed by atoms with van der Waals surface area (Å²) in [7, 11) is 3.06. The fraction of sp³-hybridized carbons (Fsp3) is 0.571. The Balaban J connectivity index is 2.78. The number of esters is 1. The molecule has 1 heterocycles. The summed E-state index contributed by atoms with van der Waals surface area (Å²) in [5.74, 6) is -0.333. The van der Waals surface area contributed by atoms with Gasteiger partial charge in [-0.05, 0) is 37.5 Å². The van der Waals surface area contributed by atoms with Gasteiger partial charge < -0.3 is 20.1 Å². The van der Waals surface area contributed by atoms with Crippen molar-refractivity contribution in [3.63, 3.8) is 0 Å². The van der Waals surface area contributed by atoms with Crippen LogP contribution in [0.1, 0.15) is 34.1 Å². The van der Waals surface area contributed by atoms with Gasteiger partial charge in [-0.25, -0.2) is 4.79 Å². The summed E-state index contributed by atoms with van der Waals surface area (Å²) in [4.78, 5) is 13.1. The molecule has 0 aliphatic rings. The van der Waals surface area contributed by atoms with Gasteiger partial charge in [0.1, 0.15) is 5.00 Å². The lowest BCUT2D eigenvalue weighted by Crippen LogP contribution is -2.30. The van der Waals surface area contributed by atoms with Crippen LogP contribution >= 0.6 is 23.6 Å². The summed E-state index contributed by atoms with van der Waals surface area (Å²) < 4.78 is 9.85. The molecule has 0 aliphatic carbocycles. The Kier molecular flexibility index (Phi) is 7.63. The number of anilines is 1. The zero-order valence-corrected chi connectivity index (χ0v) is 14.5. The van der Waals surface area contributed by atoms with Gasteiger partial charge in [0.05, 0.1) is 12.7 Å². The van der Waals surface area contributed by atoms with E-state index in [1.165, 1.54) is 18.4 Å². The lowest BCUT2D eigenvalue weighted by atomic mass is 10.1. The summed E-state index contributed by atoms with van der Waals surface area (Å²) in [6, 6.07) is 0. The van der Waals surface area contributed by atoms with Crippen LogP contribution in [0.4, 0.5) is 5.00 Å². The van der Waals surface area contributed by atoms with Crippen LogP contribution in [0, 0.1) is 6.92 Å². The predicted molar refractivity (Wildman–Crippen MR) is 90.5 cm³/mol. The van der Waals surface area contributed by atoms with E-state index in [2.05, 4.69) is 10.6 Å².